The summed E-state index contributed by atoms with van der Waals surface area (Å²) in [4.78, 5) is 22.5. The van der Waals surface area contributed by atoms with Crippen LogP contribution in [-0.2, 0) is 17.5 Å². The van der Waals surface area contributed by atoms with Gasteiger partial charge in [0.2, 0.25) is 6.08 Å². The Kier molecular flexibility index (Phi) is 3.59. The Labute approximate surface area is 92.7 Å². The number of benzene rings is 1. The van der Waals surface area contributed by atoms with Gasteiger partial charge in [0.1, 0.15) is 0 Å². The molecule has 5 nitrogen and oxygen atoms in total. The van der Waals surface area contributed by atoms with Crippen LogP contribution in [0.3, 0.4) is 0 Å². The summed E-state index contributed by atoms with van der Waals surface area (Å²) in [6.07, 6.45) is -3.50. The Morgan fingerprint density at radius 1 is 1.41 bits per heavy atom. The Hall–Kier alpha value is -2.21. The van der Waals surface area contributed by atoms with Crippen LogP contribution in [0.5, 0.6) is 0 Å². The largest absolute Gasteiger partial charge is 0.416 e. The predicted molar refractivity (Wildman–Crippen MR) is 49.9 cm³/mol. The highest BCUT2D eigenvalue weighted by Gasteiger charge is 2.32. The molecule has 0 unspecified atom stereocenters. The predicted octanol–water partition coefficient (Wildman–Crippen LogP) is 2.45. The lowest BCUT2D eigenvalue weighted by molar-refractivity contribution is -0.385. The molecule has 0 atom stereocenters. The number of rotatable bonds is 3. The first-order valence-corrected chi connectivity index (χ1v) is 4.24. The molecule has 17 heavy (non-hydrogen) atoms. The Bertz CT molecular complexity index is 493. The van der Waals surface area contributed by atoms with E-state index in [4.69, 9.17) is 0 Å². The zero-order valence-electron chi connectivity index (χ0n) is 8.19. The number of alkyl halides is 3. The lowest BCUT2D eigenvalue weighted by atomic mass is 10.1. The van der Waals surface area contributed by atoms with Crippen LogP contribution < -0.4 is 0 Å². The molecule has 0 N–H and O–H groups in total. The minimum absolute atomic E-state index is 0.0775. The first kappa shape index (κ1) is 12.9. The average Bonchev–Trinajstić information content (AvgIpc) is 2.24. The molecule has 90 valence electrons. The van der Waals surface area contributed by atoms with Crippen molar-refractivity contribution in [3.63, 3.8) is 0 Å². The maximum Gasteiger partial charge on any atom is 0.416 e. The molecule has 0 amide bonds. The standard InChI is InChI=1S/C9H5F3N2O3/c10-9(11,12)7-2-1-6(4-13-5-15)8(3-7)14(16)17/h1-3H,4H2. The number of nitro benzene ring substituents is 1. The molecule has 0 heterocycles. The third-order valence-corrected chi connectivity index (χ3v) is 1.92. The molecular formula is C9H5F3N2O3. The van der Waals surface area contributed by atoms with Gasteiger partial charge in [0.25, 0.3) is 5.69 Å². The van der Waals surface area contributed by atoms with Crippen molar-refractivity contribution in [1.82, 2.24) is 0 Å². The van der Waals surface area contributed by atoms with Gasteiger partial charge < -0.3 is 0 Å². The number of aliphatic imine (C=N–C) groups is 1. The first-order valence-electron chi connectivity index (χ1n) is 4.24. The maximum atomic E-state index is 12.3. The molecule has 0 aliphatic carbocycles. The second-order valence-electron chi connectivity index (χ2n) is 3.01. The van der Waals surface area contributed by atoms with E-state index in [1.54, 1.807) is 0 Å². The summed E-state index contributed by atoms with van der Waals surface area (Å²) in [5.74, 6) is 0. The average molecular weight is 246 g/mol. The monoisotopic (exact) mass is 246 g/mol. The molecule has 1 aromatic rings. The molecule has 0 spiro atoms. The summed E-state index contributed by atoms with van der Waals surface area (Å²) in [7, 11) is 0. The van der Waals surface area contributed by atoms with Crippen LogP contribution in [0.1, 0.15) is 11.1 Å². The van der Waals surface area contributed by atoms with Crippen molar-refractivity contribution in [2.45, 2.75) is 12.7 Å². The number of halogens is 3. The fourth-order valence-corrected chi connectivity index (χ4v) is 1.16. The van der Waals surface area contributed by atoms with E-state index in [-0.39, 0.29) is 12.1 Å². The van der Waals surface area contributed by atoms with Crippen LogP contribution in [0.2, 0.25) is 0 Å². The summed E-state index contributed by atoms with van der Waals surface area (Å²) < 4.78 is 36.9. The number of carbonyl (C=O) groups excluding carboxylic acids is 1. The van der Waals surface area contributed by atoms with Crippen LogP contribution >= 0.6 is 0 Å². The van der Waals surface area contributed by atoms with Gasteiger partial charge in [-0.15, -0.1) is 0 Å². The van der Waals surface area contributed by atoms with Crippen LogP contribution in [0, 0.1) is 10.1 Å². The normalized spacial score (nSPS) is 10.8. The van der Waals surface area contributed by atoms with E-state index in [1.807, 2.05) is 0 Å². The van der Waals surface area contributed by atoms with Crippen molar-refractivity contribution in [3.05, 3.63) is 39.4 Å². The van der Waals surface area contributed by atoms with Gasteiger partial charge in [0, 0.05) is 6.07 Å². The highest BCUT2D eigenvalue weighted by Crippen LogP contribution is 2.33. The van der Waals surface area contributed by atoms with Crippen LogP contribution in [0.25, 0.3) is 0 Å². The van der Waals surface area contributed by atoms with Gasteiger partial charge in [0.15, 0.2) is 0 Å². The van der Waals surface area contributed by atoms with Crippen molar-refractivity contribution in [1.29, 1.82) is 0 Å². The van der Waals surface area contributed by atoms with Gasteiger partial charge in [0.05, 0.1) is 22.6 Å². The van der Waals surface area contributed by atoms with Gasteiger partial charge in [-0.3, -0.25) is 10.1 Å². The fraction of sp³-hybridized carbons (Fsp3) is 0.222. The Morgan fingerprint density at radius 3 is 2.53 bits per heavy atom. The van der Waals surface area contributed by atoms with Crippen LogP contribution in [0.15, 0.2) is 23.2 Å². The third kappa shape index (κ3) is 3.12. The zero-order valence-corrected chi connectivity index (χ0v) is 8.19. The minimum atomic E-state index is -4.66. The topological polar surface area (TPSA) is 72.6 Å². The summed E-state index contributed by atoms with van der Waals surface area (Å²) >= 11 is 0. The smallest absolute Gasteiger partial charge is 0.258 e. The van der Waals surface area contributed by atoms with Crippen molar-refractivity contribution < 1.29 is 22.9 Å². The Morgan fingerprint density at radius 2 is 2.06 bits per heavy atom. The molecule has 1 aromatic carbocycles. The number of isocyanates is 1. The number of hydrogen-bond donors (Lipinski definition) is 0. The number of nitro groups is 1. The highest BCUT2D eigenvalue weighted by atomic mass is 19.4. The molecule has 1 rings (SSSR count). The molecule has 0 saturated heterocycles. The van der Waals surface area contributed by atoms with Crippen molar-refractivity contribution in [2.75, 3.05) is 0 Å². The summed E-state index contributed by atoms with van der Waals surface area (Å²) in [5.41, 5.74) is -1.92. The van der Waals surface area contributed by atoms with Gasteiger partial charge in [-0.1, -0.05) is 0 Å². The van der Waals surface area contributed by atoms with Crippen molar-refractivity contribution in [2.24, 2.45) is 4.99 Å². The van der Waals surface area contributed by atoms with E-state index >= 15 is 0 Å². The van der Waals surface area contributed by atoms with Crippen molar-refractivity contribution in [3.8, 4) is 0 Å². The van der Waals surface area contributed by atoms with E-state index in [9.17, 15) is 28.1 Å². The molecule has 0 aliphatic rings. The fourth-order valence-electron chi connectivity index (χ4n) is 1.16. The van der Waals surface area contributed by atoms with E-state index in [1.165, 1.54) is 0 Å². The van der Waals surface area contributed by atoms with Crippen LogP contribution in [-0.4, -0.2) is 11.0 Å². The molecule has 0 saturated carbocycles. The van der Waals surface area contributed by atoms with E-state index in [0.29, 0.717) is 12.1 Å². The summed E-state index contributed by atoms with van der Waals surface area (Å²) in [5, 5.41) is 10.6. The molecular weight excluding hydrogens is 241 g/mol. The van der Waals surface area contributed by atoms with Gasteiger partial charge >= 0.3 is 6.18 Å². The lowest BCUT2D eigenvalue weighted by Crippen LogP contribution is -2.06. The minimum Gasteiger partial charge on any atom is -0.258 e. The van der Waals surface area contributed by atoms with Crippen molar-refractivity contribution >= 4 is 11.8 Å². The summed E-state index contributed by atoms with van der Waals surface area (Å²) in [6, 6.07) is 2.03. The van der Waals surface area contributed by atoms with E-state index in [0.717, 1.165) is 12.1 Å². The first-order chi connectivity index (χ1) is 7.86. The van der Waals surface area contributed by atoms with E-state index in [2.05, 4.69) is 4.99 Å². The van der Waals surface area contributed by atoms with Gasteiger partial charge in [-0.25, -0.2) is 9.79 Å². The number of hydrogen-bond acceptors (Lipinski definition) is 4. The second kappa shape index (κ2) is 4.75. The second-order valence-corrected chi connectivity index (χ2v) is 3.01. The summed E-state index contributed by atoms with van der Waals surface area (Å²) in [6.45, 7) is -0.377. The van der Waals surface area contributed by atoms with Crippen LogP contribution in [0.4, 0.5) is 18.9 Å². The quantitative estimate of drug-likeness (QED) is 0.356. The molecule has 0 aliphatic heterocycles. The maximum absolute atomic E-state index is 12.3. The number of nitrogens with zero attached hydrogens (tertiary/aromatic N) is 2. The molecule has 0 radical (unpaired) electrons. The highest BCUT2D eigenvalue weighted by molar-refractivity contribution is 5.45. The molecule has 8 heteroatoms. The SMILES string of the molecule is O=C=NCc1ccc(C(F)(F)F)cc1[N+](=O)[O-]. The zero-order chi connectivity index (χ0) is 13.1. The van der Waals surface area contributed by atoms with Gasteiger partial charge in [-0.05, 0) is 12.1 Å². The van der Waals surface area contributed by atoms with Gasteiger partial charge in [-0.2, -0.15) is 13.2 Å². The molecule has 0 fully saturated rings. The Balaban J connectivity index is 3.26. The van der Waals surface area contributed by atoms with E-state index < -0.39 is 22.4 Å². The molecule has 0 aromatic heterocycles. The molecule has 0 bridgehead atoms. The lowest BCUT2D eigenvalue weighted by Gasteiger charge is -2.07. The third-order valence-electron chi connectivity index (χ3n) is 1.92.